The summed E-state index contributed by atoms with van der Waals surface area (Å²) in [4.78, 5) is 0. The lowest BCUT2D eigenvalue weighted by molar-refractivity contribution is 0.297. The van der Waals surface area contributed by atoms with Crippen LogP contribution in [0.15, 0.2) is 12.1 Å². The van der Waals surface area contributed by atoms with Crippen molar-refractivity contribution in [2.24, 2.45) is 5.73 Å². The monoisotopic (exact) mass is 241 g/mol. The predicted molar refractivity (Wildman–Crippen MR) is 64.4 cm³/mol. The van der Waals surface area contributed by atoms with Gasteiger partial charge in [-0.25, -0.2) is 0 Å². The van der Waals surface area contributed by atoms with Crippen molar-refractivity contribution >= 4 is 11.6 Å². The maximum Gasteiger partial charge on any atom is 0.179 e. The molecule has 0 aromatic heterocycles. The molecule has 1 aromatic rings. The van der Waals surface area contributed by atoms with Crippen LogP contribution < -0.4 is 15.2 Å². The van der Waals surface area contributed by atoms with Gasteiger partial charge in [0.2, 0.25) is 0 Å². The Morgan fingerprint density at radius 1 is 1.38 bits per heavy atom. The summed E-state index contributed by atoms with van der Waals surface area (Å²) in [5.74, 6) is 1.40. The number of ether oxygens (including phenoxy) is 2. The third-order valence-electron chi connectivity index (χ3n) is 2.42. The van der Waals surface area contributed by atoms with E-state index in [2.05, 4.69) is 0 Å². The van der Waals surface area contributed by atoms with E-state index in [1.165, 1.54) is 0 Å². The highest BCUT2D eigenvalue weighted by Crippen LogP contribution is 2.38. The molecule has 3 nitrogen and oxygen atoms in total. The first-order chi connectivity index (χ1) is 7.66. The van der Waals surface area contributed by atoms with Gasteiger partial charge in [-0.05, 0) is 31.0 Å². The summed E-state index contributed by atoms with van der Waals surface area (Å²) in [6, 6.07) is 3.98. The highest BCUT2D eigenvalue weighted by molar-refractivity contribution is 6.32. The van der Waals surface area contributed by atoms with Crippen LogP contribution in [0.1, 0.15) is 18.9 Å². The summed E-state index contributed by atoms with van der Waals surface area (Å²) in [5.41, 5.74) is 6.85. The number of halogens is 1. The highest BCUT2D eigenvalue weighted by Gasteiger charge is 2.15. The molecule has 16 heavy (non-hydrogen) atoms. The molecular weight excluding hydrogens is 226 g/mol. The molecule has 0 unspecified atom stereocenters. The quantitative estimate of drug-likeness (QED) is 0.865. The van der Waals surface area contributed by atoms with Crippen molar-refractivity contribution in [2.45, 2.75) is 25.8 Å². The number of nitrogens with two attached hydrogens (primary N) is 1. The molecule has 1 aliphatic heterocycles. The smallest absolute Gasteiger partial charge is 0.179 e. The fourth-order valence-electron chi connectivity index (χ4n) is 1.77. The summed E-state index contributed by atoms with van der Waals surface area (Å²) >= 11 is 6.16. The van der Waals surface area contributed by atoms with Gasteiger partial charge in [0.05, 0.1) is 18.2 Å². The Morgan fingerprint density at radius 2 is 2.12 bits per heavy atom. The Kier molecular flexibility index (Phi) is 3.56. The minimum absolute atomic E-state index is 0.112. The van der Waals surface area contributed by atoms with E-state index in [4.69, 9.17) is 26.8 Å². The topological polar surface area (TPSA) is 44.5 Å². The molecule has 2 N–H and O–H groups in total. The van der Waals surface area contributed by atoms with Gasteiger partial charge in [0.15, 0.2) is 11.5 Å². The zero-order valence-electron chi connectivity index (χ0n) is 9.33. The van der Waals surface area contributed by atoms with Crippen LogP contribution >= 0.6 is 11.6 Å². The summed E-state index contributed by atoms with van der Waals surface area (Å²) in [6.45, 7) is 3.29. The van der Waals surface area contributed by atoms with Crippen LogP contribution in [0.5, 0.6) is 11.5 Å². The Bertz CT molecular complexity index is 380. The van der Waals surface area contributed by atoms with Crippen molar-refractivity contribution in [2.75, 3.05) is 13.2 Å². The second-order valence-electron chi connectivity index (χ2n) is 4.14. The lowest BCUT2D eigenvalue weighted by Crippen LogP contribution is -2.17. The molecule has 0 fully saturated rings. The average Bonchev–Trinajstić information content (AvgIpc) is 2.41. The van der Waals surface area contributed by atoms with Gasteiger partial charge < -0.3 is 15.2 Å². The van der Waals surface area contributed by atoms with Crippen molar-refractivity contribution in [3.63, 3.8) is 0 Å². The molecule has 0 radical (unpaired) electrons. The van der Waals surface area contributed by atoms with E-state index in [9.17, 15) is 0 Å². The molecular formula is C12H16ClNO2. The first kappa shape index (κ1) is 11.6. The predicted octanol–water partition coefficient (Wildman–Crippen LogP) is 2.39. The van der Waals surface area contributed by atoms with Crippen molar-refractivity contribution < 1.29 is 9.47 Å². The van der Waals surface area contributed by atoms with E-state index >= 15 is 0 Å². The van der Waals surface area contributed by atoms with Crippen LogP contribution in [0.2, 0.25) is 5.02 Å². The van der Waals surface area contributed by atoms with Gasteiger partial charge in [-0.15, -0.1) is 0 Å². The van der Waals surface area contributed by atoms with E-state index in [0.717, 1.165) is 24.2 Å². The SMILES string of the molecule is C[C@H](N)Cc1cc(Cl)c2c(c1)OCCCO2. The van der Waals surface area contributed by atoms with E-state index in [1.807, 2.05) is 19.1 Å². The fraction of sp³-hybridized carbons (Fsp3) is 0.500. The minimum atomic E-state index is 0.112. The Morgan fingerprint density at radius 3 is 2.88 bits per heavy atom. The molecule has 0 aliphatic carbocycles. The summed E-state index contributed by atoms with van der Waals surface area (Å²) in [6.07, 6.45) is 1.67. The van der Waals surface area contributed by atoms with Gasteiger partial charge in [-0.3, -0.25) is 0 Å². The number of hydrogen-bond acceptors (Lipinski definition) is 3. The molecule has 0 amide bonds. The number of hydrogen-bond donors (Lipinski definition) is 1. The van der Waals surface area contributed by atoms with Crippen LogP contribution in [0, 0.1) is 0 Å². The van der Waals surface area contributed by atoms with Gasteiger partial charge in [0, 0.05) is 12.5 Å². The third kappa shape index (κ3) is 2.60. The molecule has 4 heteroatoms. The molecule has 2 rings (SSSR count). The molecule has 1 atom stereocenters. The second-order valence-corrected chi connectivity index (χ2v) is 4.54. The zero-order valence-corrected chi connectivity index (χ0v) is 10.1. The van der Waals surface area contributed by atoms with E-state index in [-0.39, 0.29) is 6.04 Å². The first-order valence-corrected chi connectivity index (χ1v) is 5.88. The molecule has 1 aliphatic rings. The summed E-state index contributed by atoms with van der Waals surface area (Å²) < 4.78 is 11.2. The van der Waals surface area contributed by atoms with Crippen molar-refractivity contribution in [1.82, 2.24) is 0 Å². The van der Waals surface area contributed by atoms with Crippen LogP contribution in [-0.4, -0.2) is 19.3 Å². The molecule has 1 aromatic carbocycles. The zero-order chi connectivity index (χ0) is 11.5. The van der Waals surface area contributed by atoms with Gasteiger partial charge in [-0.1, -0.05) is 11.6 Å². The molecule has 1 heterocycles. The van der Waals surface area contributed by atoms with Crippen LogP contribution in [0.4, 0.5) is 0 Å². The lowest BCUT2D eigenvalue weighted by atomic mass is 10.1. The third-order valence-corrected chi connectivity index (χ3v) is 2.70. The molecule has 0 saturated carbocycles. The van der Waals surface area contributed by atoms with Gasteiger partial charge in [-0.2, -0.15) is 0 Å². The number of rotatable bonds is 2. The molecule has 88 valence electrons. The molecule has 0 spiro atoms. The lowest BCUT2D eigenvalue weighted by Gasteiger charge is -2.12. The maximum absolute atomic E-state index is 6.16. The Balaban J connectivity index is 2.32. The van der Waals surface area contributed by atoms with Crippen molar-refractivity contribution in [3.8, 4) is 11.5 Å². The van der Waals surface area contributed by atoms with Crippen LogP contribution in [-0.2, 0) is 6.42 Å². The Labute approximate surface area is 100 Å². The summed E-state index contributed by atoms with van der Waals surface area (Å²) in [7, 11) is 0. The standard InChI is InChI=1S/C12H16ClNO2/c1-8(14)5-9-6-10(13)12-11(7-9)15-3-2-4-16-12/h6-8H,2-5,14H2,1H3/t8-/m0/s1. The molecule has 0 bridgehead atoms. The largest absolute Gasteiger partial charge is 0.489 e. The summed E-state index contributed by atoms with van der Waals surface area (Å²) in [5, 5.41) is 0.607. The number of fused-ring (bicyclic) bond motifs is 1. The normalized spacial score (nSPS) is 16.7. The van der Waals surface area contributed by atoms with E-state index < -0.39 is 0 Å². The second kappa shape index (κ2) is 4.93. The van der Waals surface area contributed by atoms with Gasteiger partial charge in [0.1, 0.15) is 0 Å². The van der Waals surface area contributed by atoms with Gasteiger partial charge in [0.25, 0.3) is 0 Å². The van der Waals surface area contributed by atoms with Crippen molar-refractivity contribution in [1.29, 1.82) is 0 Å². The van der Waals surface area contributed by atoms with Crippen LogP contribution in [0.3, 0.4) is 0 Å². The Hall–Kier alpha value is -0.930. The fourth-order valence-corrected chi connectivity index (χ4v) is 2.06. The van der Waals surface area contributed by atoms with Gasteiger partial charge >= 0.3 is 0 Å². The number of benzene rings is 1. The highest BCUT2D eigenvalue weighted by atomic mass is 35.5. The van der Waals surface area contributed by atoms with Crippen molar-refractivity contribution in [3.05, 3.63) is 22.7 Å². The van der Waals surface area contributed by atoms with Crippen LogP contribution in [0.25, 0.3) is 0 Å². The minimum Gasteiger partial charge on any atom is -0.489 e. The van der Waals surface area contributed by atoms with E-state index in [1.54, 1.807) is 0 Å². The average molecular weight is 242 g/mol. The maximum atomic E-state index is 6.16. The van der Waals surface area contributed by atoms with E-state index in [0.29, 0.717) is 24.0 Å². The first-order valence-electron chi connectivity index (χ1n) is 5.50. The molecule has 0 saturated heterocycles.